The molecule has 2 rings (SSSR count). The lowest BCUT2D eigenvalue weighted by Gasteiger charge is -2.02. The normalized spacial score (nSPS) is 17.6. The number of phenols is 2. The van der Waals surface area contributed by atoms with Crippen LogP contribution in [0.5, 0.6) is 11.5 Å². The fourth-order valence-electron chi connectivity index (χ4n) is 1.26. The highest BCUT2D eigenvalue weighted by molar-refractivity contribution is 8.18. The van der Waals surface area contributed by atoms with Gasteiger partial charge in [0.2, 0.25) is 0 Å². The third-order valence-corrected chi connectivity index (χ3v) is 3.10. The second kappa shape index (κ2) is 4.31. The molecule has 0 radical (unpaired) electrons. The number of phenolic OH excluding ortho intramolecular Hbond substituents is 2. The molecule has 1 aliphatic heterocycles. The standard InChI is InChI=1S/C10H6ClNO4S/c11-5-1-4(2-6(13)8(5)14)3-7-9(15)12-10(16)17-7/h1-3,13-14H,(H,12,15,16)/b7-3-. The lowest BCUT2D eigenvalue weighted by atomic mass is 10.2. The van der Waals surface area contributed by atoms with E-state index in [0.717, 1.165) is 11.8 Å². The molecular formula is C10H6ClNO4S. The fraction of sp³-hybridized carbons (Fsp3) is 0. The SMILES string of the molecule is O=C1NC(=O)/C(=C/c2cc(O)c(O)c(Cl)c2)S1. The summed E-state index contributed by atoms with van der Waals surface area (Å²) in [6.45, 7) is 0. The summed E-state index contributed by atoms with van der Waals surface area (Å²) in [4.78, 5) is 22.4. The molecule has 0 aliphatic carbocycles. The van der Waals surface area contributed by atoms with Crippen LogP contribution in [0.1, 0.15) is 5.56 Å². The summed E-state index contributed by atoms with van der Waals surface area (Å²) in [5.41, 5.74) is 0.414. The summed E-state index contributed by atoms with van der Waals surface area (Å²) in [6, 6.07) is 2.62. The Morgan fingerprint density at radius 2 is 2.00 bits per heavy atom. The highest BCUT2D eigenvalue weighted by Crippen LogP contribution is 2.35. The van der Waals surface area contributed by atoms with E-state index in [9.17, 15) is 19.8 Å². The van der Waals surface area contributed by atoms with E-state index in [1.165, 1.54) is 18.2 Å². The van der Waals surface area contributed by atoms with Gasteiger partial charge in [-0.15, -0.1) is 0 Å². The molecule has 1 saturated heterocycles. The maximum absolute atomic E-state index is 11.3. The van der Waals surface area contributed by atoms with Crippen molar-refractivity contribution in [3.8, 4) is 11.5 Å². The first-order chi connectivity index (χ1) is 7.97. The summed E-state index contributed by atoms with van der Waals surface area (Å²) in [6.07, 6.45) is 1.40. The monoisotopic (exact) mass is 271 g/mol. The maximum Gasteiger partial charge on any atom is 0.290 e. The predicted octanol–water partition coefficient (Wildman–Crippen LogP) is 2.08. The van der Waals surface area contributed by atoms with Crippen molar-refractivity contribution in [2.45, 2.75) is 0 Å². The van der Waals surface area contributed by atoms with Gasteiger partial charge >= 0.3 is 0 Å². The largest absolute Gasteiger partial charge is 0.504 e. The Morgan fingerprint density at radius 1 is 1.29 bits per heavy atom. The van der Waals surface area contributed by atoms with E-state index >= 15 is 0 Å². The molecule has 1 heterocycles. The Hall–Kier alpha value is -1.66. The van der Waals surface area contributed by atoms with E-state index in [4.69, 9.17) is 11.6 Å². The third kappa shape index (κ3) is 2.37. The molecular weight excluding hydrogens is 266 g/mol. The van der Waals surface area contributed by atoms with Gasteiger partial charge in [-0.2, -0.15) is 0 Å². The molecule has 0 saturated carbocycles. The van der Waals surface area contributed by atoms with Crippen molar-refractivity contribution in [3.05, 3.63) is 27.6 Å². The van der Waals surface area contributed by atoms with Crippen LogP contribution in [-0.2, 0) is 4.79 Å². The van der Waals surface area contributed by atoms with Crippen molar-refractivity contribution in [2.75, 3.05) is 0 Å². The lowest BCUT2D eigenvalue weighted by molar-refractivity contribution is -0.115. The van der Waals surface area contributed by atoms with Crippen molar-refractivity contribution in [1.82, 2.24) is 5.32 Å². The quantitative estimate of drug-likeness (QED) is 0.538. The van der Waals surface area contributed by atoms with Crippen molar-refractivity contribution in [3.63, 3.8) is 0 Å². The van der Waals surface area contributed by atoms with Crippen LogP contribution in [0.3, 0.4) is 0 Å². The van der Waals surface area contributed by atoms with Gasteiger partial charge in [0, 0.05) is 0 Å². The van der Waals surface area contributed by atoms with Gasteiger partial charge in [0.25, 0.3) is 11.1 Å². The molecule has 7 heteroatoms. The highest BCUT2D eigenvalue weighted by atomic mass is 35.5. The van der Waals surface area contributed by atoms with Gasteiger partial charge in [-0.3, -0.25) is 14.9 Å². The van der Waals surface area contributed by atoms with Crippen LogP contribution in [0.25, 0.3) is 6.08 Å². The Bertz CT molecular complexity index is 532. The van der Waals surface area contributed by atoms with Gasteiger partial charge in [0.05, 0.1) is 9.93 Å². The van der Waals surface area contributed by atoms with Gasteiger partial charge < -0.3 is 10.2 Å². The number of amides is 2. The zero-order valence-electron chi connectivity index (χ0n) is 8.23. The van der Waals surface area contributed by atoms with E-state index in [1.807, 2.05) is 0 Å². The van der Waals surface area contributed by atoms with Crippen LogP contribution in [0, 0.1) is 0 Å². The molecule has 5 nitrogen and oxygen atoms in total. The first-order valence-corrected chi connectivity index (χ1v) is 5.63. The van der Waals surface area contributed by atoms with E-state index in [0.29, 0.717) is 5.56 Å². The number of nitrogens with one attached hydrogen (secondary N) is 1. The lowest BCUT2D eigenvalue weighted by Crippen LogP contribution is -2.17. The van der Waals surface area contributed by atoms with E-state index in [1.54, 1.807) is 0 Å². The van der Waals surface area contributed by atoms with Crippen molar-refractivity contribution in [1.29, 1.82) is 0 Å². The van der Waals surface area contributed by atoms with E-state index in [-0.39, 0.29) is 15.7 Å². The number of rotatable bonds is 1. The van der Waals surface area contributed by atoms with Gasteiger partial charge in [-0.05, 0) is 35.5 Å². The van der Waals surface area contributed by atoms with Crippen LogP contribution in [0.4, 0.5) is 4.79 Å². The molecule has 2 amide bonds. The summed E-state index contributed by atoms with van der Waals surface area (Å²) in [5, 5.41) is 20.2. The number of thioether (sulfide) groups is 1. The number of aromatic hydroxyl groups is 2. The molecule has 1 fully saturated rings. The number of imide groups is 1. The number of carbonyl (C=O) groups excluding carboxylic acids is 2. The van der Waals surface area contributed by atoms with Gasteiger partial charge in [0.15, 0.2) is 11.5 Å². The zero-order valence-corrected chi connectivity index (χ0v) is 9.80. The number of hydrogen-bond donors (Lipinski definition) is 3. The highest BCUT2D eigenvalue weighted by Gasteiger charge is 2.25. The van der Waals surface area contributed by atoms with Crippen LogP contribution in [0.15, 0.2) is 17.0 Å². The van der Waals surface area contributed by atoms with Crippen LogP contribution < -0.4 is 5.32 Å². The summed E-state index contributed by atoms with van der Waals surface area (Å²) < 4.78 is 0. The van der Waals surface area contributed by atoms with Crippen molar-refractivity contribution >= 4 is 40.6 Å². The summed E-state index contributed by atoms with van der Waals surface area (Å²) in [7, 11) is 0. The number of carbonyl (C=O) groups is 2. The molecule has 88 valence electrons. The van der Waals surface area contributed by atoms with Gasteiger partial charge in [-0.25, -0.2) is 0 Å². The fourth-order valence-corrected chi connectivity index (χ4v) is 2.17. The first kappa shape index (κ1) is 11.8. The molecule has 0 spiro atoms. The molecule has 1 aliphatic rings. The summed E-state index contributed by atoms with van der Waals surface area (Å²) >= 11 is 6.41. The number of benzene rings is 1. The Kier molecular flexibility index (Phi) is 2.99. The Balaban J connectivity index is 2.40. The molecule has 0 atom stereocenters. The molecule has 17 heavy (non-hydrogen) atoms. The van der Waals surface area contributed by atoms with Crippen molar-refractivity contribution < 1.29 is 19.8 Å². The maximum atomic E-state index is 11.3. The molecule has 0 unspecified atom stereocenters. The summed E-state index contributed by atoms with van der Waals surface area (Å²) in [5.74, 6) is -1.31. The molecule has 1 aromatic rings. The molecule has 1 aromatic carbocycles. The minimum absolute atomic E-state index is 0.0356. The van der Waals surface area contributed by atoms with Crippen LogP contribution in [-0.4, -0.2) is 21.4 Å². The molecule has 0 aromatic heterocycles. The Morgan fingerprint density at radius 3 is 2.53 bits per heavy atom. The minimum Gasteiger partial charge on any atom is -0.504 e. The van der Waals surface area contributed by atoms with Gasteiger partial charge in [0.1, 0.15) is 0 Å². The minimum atomic E-state index is -0.497. The number of halogens is 1. The van der Waals surface area contributed by atoms with E-state index < -0.39 is 16.9 Å². The third-order valence-electron chi connectivity index (χ3n) is 2.01. The molecule has 0 bridgehead atoms. The second-order valence-corrected chi connectivity index (χ2v) is 4.64. The molecule has 3 N–H and O–H groups in total. The Labute approximate surface area is 105 Å². The average molecular weight is 272 g/mol. The smallest absolute Gasteiger partial charge is 0.290 e. The van der Waals surface area contributed by atoms with Crippen molar-refractivity contribution in [2.24, 2.45) is 0 Å². The first-order valence-electron chi connectivity index (χ1n) is 4.43. The topological polar surface area (TPSA) is 86.6 Å². The van der Waals surface area contributed by atoms with Crippen LogP contribution in [0.2, 0.25) is 5.02 Å². The average Bonchev–Trinajstić information content (AvgIpc) is 2.54. The van der Waals surface area contributed by atoms with Crippen LogP contribution >= 0.6 is 23.4 Å². The zero-order chi connectivity index (χ0) is 12.6. The van der Waals surface area contributed by atoms with Gasteiger partial charge in [-0.1, -0.05) is 11.6 Å². The second-order valence-electron chi connectivity index (χ2n) is 3.22. The predicted molar refractivity (Wildman–Crippen MR) is 63.9 cm³/mol. The number of hydrogen-bond acceptors (Lipinski definition) is 5. The van der Waals surface area contributed by atoms with E-state index in [2.05, 4.69) is 5.32 Å².